The molecule has 2 nitrogen and oxygen atoms in total. The fraction of sp³-hybridized carbons (Fsp3) is 0.409. The highest BCUT2D eigenvalue weighted by Crippen LogP contribution is 2.47. The average Bonchev–Trinajstić information content (AvgIpc) is 2.93. The smallest absolute Gasteiger partial charge is 0.164 e. The van der Waals surface area contributed by atoms with Gasteiger partial charge in [0.25, 0.3) is 0 Å². The molecule has 24 heavy (non-hydrogen) atoms. The first-order chi connectivity index (χ1) is 11.5. The maximum absolute atomic E-state index is 12.8. The molecular formula is C22H24O2. The molecule has 0 aromatic heterocycles. The van der Waals surface area contributed by atoms with Gasteiger partial charge in [0.1, 0.15) is 5.75 Å². The molecular weight excluding hydrogens is 296 g/mol. The summed E-state index contributed by atoms with van der Waals surface area (Å²) in [6.45, 7) is 6.63. The Morgan fingerprint density at radius 3 is 2.62 bits per heavy atom. The summed E-state index contributed by atoms with van der Waals surface area (Å²) in [7, 11) is 1.71. The van der Waals surface area contributed by atoms with Crippen molar-refractivity contribution in [3.8, 4) is 16.9 Å². The molecule has 0 saturated carbocycles. The van der Waals surface area contributed by atoms with Crippen molar-refractivity contribution in [3.05, 3.63) is 52.1 Å². The topological polar surface area (TPSA) is 26.3 Å². The maximum atomic E-state index is 12.8. The standard InChI is InChI=1S/C22H24O2/c1-12(2)18-11-20(23)22-17-7-5-14-10-15(24-4)6-8-16(14)19(17)9-13(3)21(18)22/h6,8-10,12,18H,5,7,11H2,1-4H3. The number of benzene rings is 2. The number of ketones is 1. The second-order valence-electron chi connectivity index (χ2n) is 7.51. The van der Waals surface area contributed by atoms with Crippen LogP contribution in [0.15, 0.2) is 24.3 Å². The van der Waals surface area contributed by atoms with Gasteiger partial charge in [0.15, 0.2) is 5.78 Å². The van der Waals surface area contributed by atoms with Crippen LogP contribution in [0.3, 0.4) is 0 Å². The van der Waals surface area contributed by atoms with E-state index in [1.165, 1.54) is 33.4 Å². The van der Waals surface area contributed by atoms with Gasteiger partial charge < -0.3 is 4.74 Å². The fourth-order valence-corrected chi connectivity index (χ4v) is 4.57. The van der Waals surface area contributed by atoms with Crippen LogP contribution >= 0.6 is 0 Å². The summed E-state index contributed by atoms with van der Waals surface area (Å²) in [5.41, 5.74) is 8.78. The zero-order chi connectivity index (χ0) is 17.0. The van der Waals surface area contributed by atoms with Crippen LogP contribution in [-0.2, 0) is 12.8 Å². The highest BCUT2D eigenvalue weighted by Gasteiger charge is 2.36. The largest absolute Gasteiger partial charge is 0.497 e. The van der Waals surface area contributed by atoms with Gasteiger partial charge in [-0.3, -0.25) is 4.79 Å². The Balaban J connectivity index is 1.94. The first kappa shape index (κ1) is 15.4. The third kappa shape index (κ3) is 2.12. The molecule has 1 atom stereocenters. The maximum Gasteiger partial charge on any atom is 0.164 e. The second kappa shape index (κ2) is 5.47. The summed E-state index contributed by atoms with van der Waals surface area (Å²) in [6.07, 6.45) is 2.61. The average molecular weight is 320 g/mol. The molecule has 0 amide bonds. The van der Waals surface area contributed by atoms with Crippen LogP contribution in [-0.4, -0.2) is 12.9 Å². The molecule has 0 bridgehead atoms. The number of methoxy groups -OCH3 is 1. The minimum absolute atomic E-state index is 0.348. The zero-order valence-corrected chi connectivity index (χ0v) is 14.9. The van der Waals surface area contributed by atoms with Gasteiger partial charge >= 0.3 is 0 Å². The molecule has 0 N–H and O–H groups in total. The first-order valence-electron chi connectivity index (χ1n) is 8.88. The Hall–Kier alpha value is -2.09. The van der Waals surface area contributed by atoms with Gasteiger partial charge in [-0.2, -0.15) is 0 Å². The Kier molecular flexibility index (Phi) is 3.52. The van der Waals surface area contributed by atoms with Crippen molar-refractivity contribution < 1.29 is 9.53 Å². The SMILES string of the molecule is COc1ccc2c(c1)CCc1c-2cc(C)c2c1C(=O)CC2C(C)C. The van der Waals surface area contributed by atoms with Crippen LogP contribution in [0.2, 0.25) is 0 Å². The summed E-state index contributed by atoms with van der Waals surface area (Å²) in [5.74, 6) is 2.15. The molecule has 1 unspecified atom stereocenters. The highest BCUT2D eigenvalue weighted by atomic mass is 16.5. The van der Waals surface area contributed by atoms with Crippen molar-refractivity contribution in [1.82, 2.24) is 0 Å². The van der Waals surface area contributed by atoms with Gasteiger partial charge in [-0.1, -0.05) is 26.0 Å². The van der Waals surface area contributed by atoms with Crippen molar-refractivity contribution in [2.75, 3.05) is 7.11 Å². The number of Topliss-reactive ketones (excluding diaryl/α,β-unsaturated/α-hetero) is 1. The Morgan fingerprint density at radius 1 is 1.12 bits per heavy atom. The normalized spacial score (nSPS) is 18.4. The van der Waals surface area contributed by atoms with Crippen LogP contribution < -0.4 is 4.74 Å². The van der Waals surface area contributed by atoms with E-state index in [9.17, 15) is 4.79 Å². The van der Waals surface area contributed by atoms with Gasteiger partial charge in [-0.05, 0) is 77.1 Å². The minimum atomic E-state index is 0.348. The molecule has 2 aromatic carbocycles. The quantitative estimate of drug-likeness (QED) is 0.770. The van der Waals surface area contributed by atoms with Crippen molar-refractivity contribution in [1.29, 1.82) is 0 Å². The minimum Gasteiger partial charge on any atom is -0.497 e. The molecule has 0 fully saturated rings. The predicted octanol–water partition coefficient (Wildman–Crippen LogP) is 5.10. The summed E-state index contributed by atoms with van der Waals surface area (Å²) in [5, 5.41) is 0. The highest BCUT2D eigenvalue weighted by molar-refractivity contribution is 6.05. The van der Waals surface area contributed by atoms with E-state index >= 15 is 0 Å². The monoisotopic (exact) mass is 320 g/mol. The van der Waals surface area contributed by atoms with E-state index in [1.54, 1.807) is 7.11 Å². The van der Waals surface area contributed by atoms with Crippen molar-refractivity contribution in [2.45, 2.75) is 46.0 Å². The molecule has 0 heterocycles. The Labute approximate surface area is 143 Å². The van der Waals surface area contributed by atoms with Gasteiger partial charge in [-0.25, -0.2) is 0 Å². The molecule has 4 rings (SSSR count). The van der Waals surface area contributed by atoms with E-state index in [0.717, 1.165) is 24.2 Å². The Morgan fingerprint density at radius 2 is 1.92 bits per heavy atom. The van der Waals surface area contributed by atoms with E-state index in [1.807, 2.05) is 6.07 Å². The fourth-order valence-electron chi connectivity index (χ4n) is 4.57. The molecule has 0 saturated heterocycles. The lowest BCUT2D eigenvalue weighted by molar-refractivity contribution is 0.0983. The lowest BCUT2D eigenvalue weighted by Gasteiger charge is -2.25. The van der Waals surface area contributed by atoms with Crippen LogP contribution in [0, 0.1) is 12.8 Å². The number of carbonyl (C=O) groups excluding carboxylic acids is 1. The second-order valence-corrected chi connectivity index (χ2v) is 7.51. The molecule has 0 radical (unpaired) electrons. The first-order valence-corrected chi connectivity index (χ1v) is 8.88. The third-order valence-corrected chi connectivity index (χ3v) is 5.79. The van der Waals surface area contributed by atoms with Crippen molar-refractivity contribution in [3.63, 3.8) is 0 Å². The van der Waals surface area contributed by atoms with Crippen LogP contribution in [0.25, 0.3) is 11.1 Å². The molecule has 124 valence electrons. The number of rotatable bonds is 2. The van der Waals surface area contributed by atoms with E-state index in [4.69, 9.17) is 4.74 Å². The van der Waals surface area contributed by atoms with E-state index in [2.05, 4.69) is 39.0 Å². The number of aryl methyl sites for hydroxylation is 2. The van der Waals surface area contributed by atoms with Gasteiger partial charge in [0, 0.05) is 12.0 Å². The molecule has 0 spiro atoms. The van der Waals surface area contributed by atoms with E-state index in [-0.39, 0.29) is 0 Å². The molecule has 0 aliphatic heterocycles. The van der Waals surface area contributed by atoms with Crippen LogP contribution in [0.4, 0.5) is 0 Å². The number of fused-ring (bicyclic) bond motifs is 5. The summed E-state index contributed by atoms with van der Waals surface area (Å²) in [6, 6.07) is 8.62. The predicted molar refractivity (Wildman–Crippen MR) is 97.1 cm³/mol. The number of hydrogen-bond donors (Lipinski definition) is 0. The summed E-state index contributed by atoms with van der Waals surface area (Å²) < 4.78 is 5.37. The van der Waals surface area contributed by atoms with E-state index < -0.39 is 0 Å². The van der Waals surface area contributed by atoms with E-state index in [0.29, 0.717) is 24.0 Å². The summed E-state index contributed by atoms with van der Waals surface area (Å²) in [4.78, 5) is 12.8. The van der Waals surface area contributed by atoms with Crippen molar-refractivity contribution in [2.24, 2.45) is 5.92 Å². The molecule has 2 aromatic rings. The van der Waals surface area contributed by atoms with Gasteiger partial charge in [-0.15, -0.1) is 0 Å². The lowest BCUT2D eigenvalue weighted by atomic mass is 9.79. The number of ether oxygens (including phenoxy) is 1. The van der Waals surface area contributed by atoms with Gasteiger partial charge in [0.05, 0.1) is 7.11 Å². The van der Waals surface area contributed by atoms with Crippen LogP contribution in [0.1, 0.15) is 58.8 Å². The molecule has 2 aliphatic carbocycles. The summed E-state index contributed by atoms with van der Waals surface area (Å²) >= 11 is 0. The number of hydrogen-bond acceptors (Lipinski definition) is 2. The van der Waals surface area contributed by atoms with Crippen LogP contribution in [0.5, 0.6) is 5.75 Å². The molecule has 2 aliphatic rings. The van der Waals surface area contributed by atoms with Gasteiger partial charge in [0.2, 0.25) is 0 Å². The van der Waals surface area contributed by atoms with Crippen molar-refractivity contribution >= 4 is 5.78 Å². The third-order valence-electron chi connectivity index (χ3n) is 5.79. The molecule has 2 heteroatoms. The Bertz CT molecular complexity index is 846. The number of carbonyl (C=O) groups is 1. The lowest BCUT2D eigenvalue weighted by Crippen LogP contribution is -2.11. The zero-order valence-electron chi connectivity index (χ0n) is 14.9.